The van der Waals surface area contributed by atoms with Crippen molar-refractivity contribution in [2.24, 2.45) is 0 Å². The van der Waals surface area contributed by atoms with Crippen LogP contribution in [-0.2, 0) is 4.74 Å². The Bertz CT molecular complexity index is 33.9. The fourth-order valence-electron chi connectivity index (χ4n) is 0.111. The number of halogens is 1. The van der Waals surface area contributed by atoms with Gasteiger partial charge in [-0.15, -0.1) is 0 Å². The van der Waals surface area contributed by atoms with E-state index in [1.54, 1.807) is 0 Å². The summed E-state index contributed by atoms with van der Waals surface area (Å²) in [5.74, 6) is 0. The summed E-state index contributed by atoms with van der Waals surface area (Å²) in [4.78, 5) is 0. The quantitative estimate of drug-likeness (QED) is 0.410. The molecule has 1 atom stereocenters. The van der Waals surface area contributed by atoms with Crippen LogP contribution in [0.5, 0.6) is 0 Å². The summed E-state index contributed by atoms with van der Waals surface area (Å²) >= 11 is 0. The number of epoxide rings is 1. The Morgan fingerprint density at radius 2 is 2.60 bits per heavy atom. The SMILES string of the molecule is F[C][C@@H]1CO1. The second-order valence-electron chi connectivity index (χ2n) is 0.931. The number of hydrogen-bond acceptors (Lipinski definition) is 1. The Labute approximate surface area is 29.7 Å². The molecule has 1 saturated heterocycles. The summed E-state index contributed by atoms with van der Waals surface area (Å²) in [6.45, 7) is 1.94. The third kappa shape index (κ3) is 0.581. The Morgan fingerprint density at radius 3 is 2.60 bits per heavy atom. The minimum absolute atomic E-state index is 0.282. The van der Waals surface area contributed by atoms with Gasteiger partial charge in [-0.2, -0.15) is 0 Å². The molecule has 28 valence electrons. The predicted molar refractivity (Wildman–Crippen MR) is 14.1 cm³/mol. The second-order valence-corrected chi connectivity index (χ2v) is 0.931. The van der Waals surface area contributed by atoms with Crippen molar-refractivity contribution in [3.63, 3.8) is 0 Å². The highest BCUT2D eigenvalue weighted by molar-refractivity contribution is 4.75. The zero-order chi connectivity index (χ0) is 3.70. The van der Waals surface area contributed by atoms with Gasteiger partial charge in [-0.1, -0.05) is 0 Å². The van der Waals surface area contributed by atoms with E-state index in [2.05, 4.69) is 4.74 Å². The van der Waals surface area contributed by atoms with E-state index in [0.29, 0.717) is 6.61 Å². The van der Waals surface area contributed by atoms with Crippen LogP contribution < -0.4 is 0 Å². The summed E-state index contributed by atoms with van der Waals surface area (Å²) < 4.78 is 15.2. The van der Waals surface area contributed by atoms with E-state index in [0.717, 1.165) is 0 Å². The first-order chi connectivity index (χ1) is 2.43. The molecule has 1 fully saturated rings. The Balaban J connectivity index is 2.00. The van der Waals surface area contributed by atoms with Crippen molar-refractivity contribution in [2.75, 3.05) is 6.61 Å². The van der Waals surface area contributed by atoms with E-state index < -0.39 is 0 Å². The maximum Gasteiger partial charge on any atom is 0.218 e. The number of hydrogen-bond donors (Lipinski definition) is 0. The topological polar surface area (TPSA) is 12.5 Å². The Hall–Kier alpha value is -0.110. The first-order valence-electron chi connectivity index (χ1n) is 1.41. The predicted octanol–water partition coefficient (Wildman–Crippen LogP) is 0.393. The lowest BCUT2D eigenvalue weighted by atomic mass is 10.6. The van der Waals surface area contributed by atoms with Crippen molar-refractivity contribution in [1.82, 2.24) is 0 Å². The van der Waals surface area contributed by atoms with E-state index in [4.69, 9.17) is 0 Å². The van der Waals surface area contributed by atoms with Crippen LogP contribution in [0.25, 0.3) is 0 Å². The summed E-state index contributed by atoms with van der Waals surface area (Å²) in [6.07, 6.45) is -0.282. The fraction of sp³-hybridized carbons (Fsp3) is 0.667. The molecule has 1 rings (SSSR count). The first-order valence-corrected chi connectivity index (χ1v) is 1.41. The molecule has 0 aliphatic carbocycles. The van der Waals surface area contributed by atoms with E-state index in [1.807, 2.05) is 0 Å². The smallest absolute Gasteiger partial charge is 0.218 e. The van der Waals surface area contributed by atoms with Crippen LogP contribution in [0.4, 0.5) is 4.39 Å². The largest absolute Gasteiger partial charge is 0.369 e. The maximum absolute atomic E-state index is 10.8. The van der Waals surface area contributed by atoms with Crippen LogP contribution in [0.3, 0.4) is 0 Å². The van der Waals surface area contributed by atoms with Crippen LogP contribution >= 0.6 is 0 Å². The number of rotatable bonds is 1. The molecule has 5 heavy (non-hydrogen) atoms. The van der Waals surface area contributed by atoms with Gasteiger partial charge in [0.15, 0.2) is 0 Å². The molecular weight excluding hydrogens is 71.0 g/mol. The average Bonchev–Trinajstić information content (AvgIpc) is 2.12. The van der Waals surface area contributed by atoms with E-state index >= 15 is 0 Å². The Kier molecular flexibility index (Phi) is 0.580. The van der Waals surface area contributed by atoms with Gasteiger partial charge < -0.3 is 4.74 Å². The van der Waals surface area contributed by atoms with Gasteiger partial charge in [0.2, 0.25) is 6.67 Å². The molecule has 0 aromatic heterocycles. The van der Waals surface area contributed by atoms with Crippen LogP contribution in [0.2, 0.25) is 0 Å². The zero-order valence-corrected chi connectivity index (χ0v) is 2.57. The molecule has 0 bridgehead atoms. The van der Waals surface area contributed by atoms with Crippen LogP contribution in [-0.4, -0.2) is 12.7 Å². The molecule has 0 amide bonds. The Morgan fingerprint density at radius 1 is 2.00 bits per heavy atom. The van der Waals surface area contributed by atoms with Crippen molar-refractivity contribution >= 4 is 0 Å². The van der Waals surface area contributed by atoms with E-state index in [9.17, 15) is 4.39 Å². The van der Waals surface area contributed by atoms with E-state index in [1.165, 1.54) is 6.67 Å². The molecule has 0 aromatic rings. The van der Waals surface area contributed by atoms with Gasteiger partial charge in [0.05, 0.1) is 6.61 Å². The molecule has 0 aromatic carbocycles. The fourth-order valence-corrected chi connectivity index (χ4v) is 0.111. The lowest BCUT2D eigenvalue weighted by molar-refractivity contribution is 0.391. The van der Waals surface area contributed by atoms with Crippen LogP contribution in [0.1, 0.15) is 0 Å². The van der Waals surface area contributed by atoms with Crippen molar-refractivity contribution in [3.05, 3.63) is 6.67 Å². The molecule has 1 aliphatic heterocycles. The summed E-state index contributed by atoms with van der Waals surface area (Å²) in [5.41, 5.74) is 0. The van der Waals surface area contributed by atoms with Gasteiger partial charge in [0.1, 0.15) is 6.10 Å². The molecule has 0 N–H and O–H groups in total. The molecule has 0 spiro atoms. The van der Waals surface area contributed by atoms with Gasteiger partial charge in [0.25, 0.3) is 0 Å². The monoisotopic (exact) mass is 74.0 g/mol. The highest BCUT2D eigenvalue weighted by atomic mass is 19.1. The molecule has 0 saturated carbocycles. The van der Waals surface area contributed by atoms with Gasteiger partial charge in [-0.25, -0.2) is 4.39 Å². The molecule has 2 heteroatoms. The molecule has 2 radical (unpaired) electrons. The third-order valence-corrected chi connectivity index (χ3v) is 0.455. The molecule has 1 nitrogen and oxygen atoms in total. The summed E-state index contributed by atoms with van der Waals surface area (Å²) in [7, 11) is 0. The van der Waals surface area contributed by atoms with E-state index in [-0.39, 0.29) is 6.10 Å². The number of ether oxygens (including phenoxy) is 1. The van der Waals surface area contributed by atoms with Gasteiger partial charge in [0, 0.05) is 0 Å². The van der Waals surface area contributed by atoms with Gasteiger partial charge in [-0.3, -0.25) is 0 Å². The maximum atomic E-state index is 10.8. The van der Waals surface area contributed by atoms with Gasteiger partial charge >= 0.3 is 0 Å². The van der Waals surface area contributed by atoms with Crippen molar-refractivity contribution in [2.45, 2.75) is 6.10 Å². The van der Waals surface area contributed by atoms with Crippen molar-refractivity contribution in [1.29, 1.82) is 0 Å². The van der Waals surface area contributed by atoms with Crippen LogP contribution in [0.15, 0.2) is 0 Å². The van der Waals surface area contributed by atoms with Gasteiger partial charge in [-0.05, 0) is 0 Å². The average molecular weight is 74.1 g/mol. The minimum Gasteiger partial charge on any atom is -0.369 e. The molecular formula is C3H3FO. The normalized spacial score (nSPS) is 34.2. The highest BCUT2D eigenvalue weighted by Gasteiger charge is 2.22. The highest BCUT2D eigenvalue weighted by Crippen LogP contribution is 2.11. The molecule has 1 aliphatic rings. The standard InChI is InChI=1S/C3H3FO/c4-1-3-2-5-3/h3H,2H2/t3-/m1/s1. The minimum atomic E-state index is -0.282. The lowest BCUT2D eigenvalue weighted by Gasteiger charge is -1.62. The summed E-state index contributed by atoms with van der Waals surface area (Å²) in [6, 6.07) is 0. The molecule has 0 unspecified atom stereocenters. The van der Waals surface area contributed by atoms with Crippen LogP contribution in [0, 0.1) is 6.67 Å². The second kappa shape index (κ2) is 0.937. The summed E-state index contributed by atoms with van der Waals surface area (Å²) in [5, 5.41) is 0. The van der Waals surface area contributed by atoms with Crippen molar-refractivity contribution in [3.8, 4) is 0 Å². The zero-order valence-electron chi connectivity index (χ0n) is 2.57. The van der Waals surface area contributed by atoms with Crippen molar-refractivity contribution < 1.29 is 9.13 Å². The first kappa shape index (κ1) is 3.09. The lowest BCUT2D eigenvalue weighted by Crippen LogP contribution is -1.72. The molecule has 1 heterocycles. The third-order valence-electron chi connectivity index (χ3n) is 0.455.